The lowest BCUT2D eigenvalue weighted by Gasteiger charge is -2.45. The molecule has 1 aliphatic carbocycles. The monoisotopic (exact) mass is 385 g/mol. The number of carbonyl (C=O) groups is 1. The van der Waals surface area contributed by atoms with Gasteiger partial charge in [0.15, 0.2) is 0 Å². The number of hydrogen-bond donors (Lipinski definition) is 2. The highest BCUT2D eigenvalue weighted by Gasteiger charge is 2.42. The Morgan fingerprint density at radius 2 is 1.93 bits per heavy atom. The van der Waals surface area contributed by atoms with Crippen LogP contribution >= 0.6 is 0 Å². The molecule has 7 heteroatoms. The van der Waals surface area contributed by atoms with E-state index in [2.05, 4.69) is 10.3 Å². The molecule has 0 atom stereocenters. The zero-order valence-electron chi connectivity index (χ0n) is 16.3. The van der Waals surface area contributed by atoms with Crippen LogP contribution in [0.2, 0.25) is 0 Å². The summed E-state index contributed by atoms with van der Waals surface area (Å²) in [5, 5.41) is 3.67. The van der Waals surface area contributed by atoms with Crippen molar-refractivity contribution >= 4 is 16.8 Å². The van der Waals surface area contributed by atoms with Crippen molar-refractivity contribution in [3.63, 3.8) is 0 Å². The third kappa shape index (κ3) is 3.95. The number of rotatable bonds is 5. The van der Waals surface area contributed by atoms with Gasteiger partial charge in [0.1, 0.15) is 25.2 Å². The highest BCUT2D eigenvalue weighted by Crippen LogP contribution is 2.25. The summed E-state index contributed by atoms with van der Waals surface area (Å²) < 4.78 is 6.93. The van der Waals surface area contributed by atoms with Gasteiger partial charge in [-0.05, 0) is 25.0 Å². The van der Waals surface area contributed by atoms with Gasteiger partial charge in [-0.2, -0.15) is 0 Å². The van der Waals surface area contributed by atoms with Crippen LogP contribution in [-0.4, -0.2) is 53.8 Å². The summed E-state index contributed by atoms with van der Waals surface area (Å²) in [6.45, 7) is 4.27. The number of benzene rings is 1. The Morgan fingerprint density at radius 1 is 1.18 bits per heavy atom. The number of nitrogens with zero attached hydrogens (tertiary/aromatic N) is 2. The van der Waals surface area contributed by atoms with Crippen LogP contribution in [0, 0.1) is 0 Å². The first kappa shape index (κ1) is 19.1. The number of nitrogens with one attached hydrogen (secondary N) is 2. The standard InChI is InChI=1S/C21H28N4O3/c26-19(14-24-16-23-18-7-3-2-6-17(18)20(24)27)22-15-21(8-4-1-5-9-21)25-10-12-28-13-11-25/h2-3,6-7,16H,1,4-5,8-15H2,(H,22,26)/p+1. The number of quaternary nitrogens is 1. The van der Waals surface area contributed by atoms with Gasteiger partial charge < -0.3 is 15.0 Å². The van der Waals surface area contributed by atoms with E-state index in [1.807, 2.05) is 12.1 Å². The summed E-state index contributed by atoms with van der Waals surface area (Å²) >= 11 is 0. The van der Waals surface area contributed by atoms with E-state index >= 15 is 0 Å². The molecule has 0 spiro atoms. The van der Waals surface area contributed by atoms with E-state index in [0.717, 1.165) is 39.1 Å². The maximum absolute atomic E-state index is 12.6. The van der Waals surface area contributed by atoms with Gasteiger partial charge in [-0.25, -0.2) is 4.98 Å². The molecule has 2 heterocycles. The second kappa shape index (κ2) is 8.41. The van der Waals surface area contributed by atoms with Gasteiger partial charge in [0.25, 0.3) is 5.56 Å². The van der Waals surface area contributed by atoms with Gasteiger partial charge in [-0.15, -0.1) is 0 Å². The number of fused-ring (bicyclic) bond motifs is 1. The van der Waals surface area contributed by atoms with Gasteiger partial charge in [0.2, 0.25) is 5.91 Å². The van der Waals surface area contributed by atoms with E-state index in [9.17, 15) is 9.59 Å². The lowest BCUT2D eigenvalue weighted by atomic mass is 9.79. The lowest BCUT2D eigenvalue weighted by Crippen LogP contribution is -3.23. The minimum atomic E-state index is -0.174. The topological polar surface area (TPSA) is 77.7 Å². The van der Waals surface area contributed by atoms with Gasteiger partial charge in [-0.3, -0.25) is 14.2 Å². The van der Waals surface area contributed by atoms with E-state index < -0.39 is 0 Å². The van der Waals surface area contributed by atoms with Crippen LogP contribution in [0.1, 0.15) is 32.1 Å². The SMILES string of the molecule is O=C(Cn1cnc2ccccc2c1=O)NCC1([NH+]2CCOCC2)CCCCC1. The first-order valence-electron chi connectivity index (χ1n) is 10.3. The molecule has 4 rings (SSSR count). The quantitative estimate of drug-likeness (QED) is 0.767. The van der Waals surface area contributed by atoms with Crippen LogP contribution < -0.4 is 15.8 Å². The van der Waals surface area contributed by atoms with Gasteiger partial charge in [-0.1, -0.05) is 18.6 Å². The van der Waals surface area contributed by atoms with E-state index in [0.29, 0.717) is 17.4 Å². The number of para-hydroxylation sites is 1. The summed E-state index contributed by atoms with van der Waals surface area (Å²) in [4.78, 5) is 31.1. The Balaban J connectivity index is 1.44. The molecule has 2 aliphatic rings. The summed E-state index contributed by atoms with van der Waals surface area (Å²) in [7, 11) is 0. The number of aromatic nitrogens is 2. The smallest absolute Gasteiger partial charge is 0.261 e. The van der Waals surface area contributed by atoms with Crippen LogP contribution in [0.5, 0.6) is 0 Å². The summed E-state index contributed by atoms with van der Waals surface area (Å²) in [6.07, 6.45) is 7.45. The van der Waals surface area contributed by atoms with E-state index in [4.69, 9.17) is 4.74 Å². The van der Waals surface area contributed by atoms with Crippen LogP contribution in [0.4, 0.5) is 0 Å². The fourth-order valence-corrected chi connectivity index (χ4v) is 4.73. The minimum absolute atomic E-state index is 0.00515. The zero-order chi connectivity index (χ0) is 19.4. The van der Waals surface area contributed by atoms with Crippen molar-refractivity contribution in [2.24, 2.45) is 0 Å². The molecule has 2 aromatic rings. The second-order valence-electron chi connectivity index (χ2n) is 8.03. The van der Waals surface area contributed by atoms with Crippen molar-refractivity contribution in [1.29, 1.82) is 0 Å². The molecule has 0 radical (unpaired) electrons. The van der Waals surface area contributed by atoms with Crippen LogP contribution in [0.3, 0.4) is 0 Å². The van der Waals surface area contributed by atoms with Crippen molar-refractivity contribution in [1.82, 2.24) is 14.9 Å². The number of hydrogen-bond acceptors (Lipinski definition) is 4. The largest absolute Gasteiger partial charge is 0.370 e. The Labute approximate surface area is 164 Å². The van der Waals surface area contributed by atoms with Gasteiger partial charge >= 0.3 is 0 Å². The minimum Gasteiger partial charge on any atom is -0.370 e. The predicted molar refractivity (Wildman–Crippen MR) is 106 cm³/mol. The first-order chi connectivity index (χ1) is 13.7. The van der Waals surface area contributed by atoms with E-state index in [1.54, 1.807) is 17.0 Å². The Morgan fingerprint density at radius 3 is 2.71 bits per heavy atom. The molecule has 28 heavy (non-hydrogen) atoms. The number of amides is 1. The van der Waals surface area contributed by atoms with Crippen molar-refractivity contribution < 1.29 is 14.4 Å². The number of ether oxygens (including phenoxy) is 1. The molecule has 1 aromatic heterocycles. The fourth-order valence-electron chi connectivity index (χ4n) is 4.73. The molecule has 0 bridgehead atoms. The molecule has 1 aliphatic heterocycles. The Bertz CT molecular complexity index is 883. The Hall–Kier alpha value is -2.25. The van der Waals surface area contributed by atoms with E-state index in [-0.39, 0.29) is 23.6 Å². The molecular formula is C21H29N4O3+. The molecule has 2 N–H and O–H groups in total. The van der Waals surface area contributed by atoms with Crippen molar-refractivity contribution in [3.05, 3.63) is 40.9 Å². The summed E-state index contributed by atoms with van der Waals surface area (Å²) in [5.41, 5.74) is 0.581. The maximum Gasteiger partial charge on any atom is 0.261 e. The van der Waals surface area contributed by atoms with Crippen LogP contribution in [-0.2, 0) is 16.1 Å². The Kier molecular flexibility index (Phi) is 5.73. The molecule has 0 unspecified atom stereocenters. The van der Waals surface area contributed by atoms with Crippen molar-refractivity contribution in [2.75, 3.05) is 32.8 Å². The molecular weight excluding hydrogens is 356 g/mol. The molecule has 1 saturated carbocycles. The van der Waals surface area contributed by atoms with Gasteiger partial charge in [0.05, 0.1) is 37.0 Å². The third-order valence-corrected chi connectivity index (χ3v) is 6.33. The molecule has 1 aromatic carbocycles. The number of morpholine rings is 1. The fraction of sp³-hybridized carbons (Fsp3) is 0.571. The van der Waals surface area contributed by atoms with Gasteiger partial charge in [0, 0.05) is 12.8 Å². The summed E-state index contributed by atoms with van der Waals surface area (Å²) in [6, 6.07) is 7.22. The lowest BCUT2D eigenvalue weighted by molar-refractivity contribution is -0.960. The van der Waals surface area contributed by atoms with Crippen molar-refractivity contribution in [2.45, 2.75) is 44.2 Å². The van der Waals surface area contributed by atoms with Crippen LogP contribution in [0.15, 0.2) is 35.4 Å². The highest BCUT2D eigenvalue weighted by molar-refractivity contribution is 5.78. The number of carbonyl (C=O) groups excluding carboxylic acids is 1. The second-order valence-corrected chi connectivity index (χ2v) is 8.03. The average molecular weight is 385 g/mol. The predicted octanol–water partition coefficient (Wildman–Crippen LogP) is 0.131. The molecule has 1 amide bonds. The average Bonchev–Trinajstić information content (AvgIpc) is 2.76. The first-order valence-corrected chi connectivity index (χ1v) is 10.3. The van der Waals surface area contributed by atoms with E-state index in [1.165, 1.54) is 30.2 Å². The zero-order valence-corrected chi connectivity index (χ0v) is 16.3. The molecule has 1 saturated heterocycles. The molecule has 150 valence electrons. The third-order valence-electron chi connectivity index (χ3n) is 6.33. The van der Waals surface area contributed by atoms with Crippen molar-refractivity contribution in [3.8, 4) is 0 Å². The van der Waals surface area contributed by atoms with Crippen LogP contribution in [0.25, 0.3) is 10.9 Å². The normalized spacial score (nSPS) is 20.1. The maximum atomic E-state index is 12.6. The summed E-state index contributed by atoms with van der Waals surface area (Å²) in [5.74, 6) is -0.128. The molecule has 2 fully saturated rings. The highest BCUT2D eigenvalue weighted by atomic mass is 16.5. The molecule has 7 nitrogen and oxygen atoms in total.